The topological polar surface area (TPSA) is 58.9 Å². The van der Waals surface area contributed by atoms with Crippen molar-refractivity contribution in [2.24, 2.45) is 0 Å². The van der Waals surface area contributed by atoms with Crippen molar-refractivity contribution in [1.29, 1.82) is 0 Å². The van der Waals surface area contributed by atoms with Gasteiger partial charge in [0.1, 0.15) is 0 Å². The Morgan fingerprint density at radius 3 is 2.31 bits per heavy atom. The Balaban J connectivity index is 3.53. The number of rotatable bonds is 2. The zero-order valence-electron chi connectivity index (χ0n) is 10.3. The van der Waals surface area contributed by atoms with Crippen LogP contribution < -0.4 is 9.47 Å². The molecule has 1 aromatic rings. The monoisotopic (exact) mass is 187 g/mol. The van der Waals surface area contributed by atoms with Gasteiger partial charge in [-0.15, -0.1) is 0 Å². The second-order valence-electron chi connectivity index (χ2n) is 2.36. The molecule has 0 heterocycles. The van der Waals surface area contributed by atoms with Crippen molar-refractivity contribution in [3.05, 3.63) is 11.6 Å². The minimum Gasteiger partial charge on any atom is -0.504 e. The Hall–Kier alpha value is -1.58. The molecule has 4 nitrogen and oxygen atoms in total. The summed E-state index contributed by atoms with van der Waals surface area (Å²) in [7, 11) is 2.51. The standard InChI is InChI=1S/C9H12O4/c1-5-4-6(10)8(12-2)9(13-3)7(5)11/h4,10-11H,1-3H3/i1D3. The lowest BCUT2D eigenvalue weighted by molar-refractivity contribution is 0.315. The average Bonchev–Trinajstić information content (AvgIpc) is 2.18. The second kappa shape index (κ2) is 3.43. The fourth-order valence-electron chi connectivity index (χ4n) is 1.00. The van der Waals surface area contributed by atoms with E-state index in [9.17, 15) is 10.2 Å². The molecule has 0 amide bonds. The first-order valence-corrected chi connectivity index (χ1v) is 3.50. The third-order valence-corrected chi connectivity index (χ3v) is 1.60. The van der Waals surface area contributed by atoms with Crippen LogP contribution in [0.3, 0.4) is 0 Å². The van der Waals surface area contributed by atoms with Gasteiger partial charge in [0.2, 0.25) is 11.5 Å². The fourth-order valence-corrected chi connectivity index (χ4v) is 1.00. The van der Waals surface area contributed by atoms with Crippen LogP contribution in [0.2, 0.25) is 0 Å². The molecular formula is C9H12O4. The fraction of sp³-hybridized carbons (Fsp3) is 0.333. The van der Waals surface area contributed by atoms with Gasteiger partial charge >= 0.3 is 0 Å². The van der Waals surface area contributed by atoms with Gasteiger partial charge < -0.3 is 19.7 Å². The number of benzene rings is 1. The zero-order chi connectivity index (χ0) is 12.5. The highest BCUT2D eigenvalue weighted by Gasteiger charge is 2.16. The second-order valence-corrected chi connectivity index (χ2v) is 2.36. The maximum Gasteiger partial charge on any atom is 0.207 e. The summed E-state index contributed by atoms with van der Waals surface area (Å²) < 4.78 is 31.1. The van der Waals surface area contributed by atoms with Gasteiger partial charge in [-0.1, -0.05) is 0 Å². The Morgan fingerprint density at radius 2 is 1.85 bits per heavy atom. The third kappa shape index (κ3) is 1.47. The normalized spacial score (nSPS) is 14.2. The largest absolute Gasteiger partial charge is 0.504 e. The van der Waals surface area contributed by atoms with Gasteiger partial charge in [0.05, 0.1) is 14.2 Å². The van der Waals surface area contributed by atoms with E-state index in [2.05, 4.69) is 0 Å². The van der Waals surface area contributed by atoms with Crippen molar-refractivity contribution in [1.82, 2.24) is 0 Å². The highest BCUT2D eigenvalue weighted by atomic mass is 16.5. The average molecular weight is 187 g/mol. The van der Waals surface area contributed by atoms with Gasteiger partial charge in [-0.05, 0) is 18.5 Å². The molecule has 2 N–H and O–H groups in total. The summed E-state index contributed by atoms with van der Waals surface area (Å²) in [6.07, 6.45) is 0. The van der Waals surface area contributed by atoms with Crippen LogP contribution >= 0.6 is 0 Å². The van der Waals surface area contributed by atoms with E-state index in [4.69, 9.17) is 13.6 Å². The van der Waals surface area contributed by atoms with Crippen LogP contribution in [0.25, 0.3) is 0 Å². The lowest BCUT2D eigenvalue weighted by Gasteiger charge is -2.12. The van der Waals surface area contributed by atoms with E-state index in [-0.39, 0.29) is 17.1 Å². The van der Waals surface area contributed by atoms with E-state index in [0.717, 1.165) is 6.07 Å². The Kier molecular flexibility index (Phi) is 1.57. The van der Waals surface area contributed by atoms with Gasteiger partial charge in [-0.3, -0.25) is 0 Å². The van der Waals surface area contributed by atoms with Crippen molar-refractivity contribution in [3.8, 4) is 23.0 Å². The van der Waals surface area contributed by atoms with Gasteiger partial charge in [-0.2, -0.15) is 0 Å². The number of aromatic hydroxyl groups is 2. The van der Waals surface area contributed by atoms with Crippen molar-refractivity contribution < 1.29 is 23.8 Å². The van der Waals surface area contributed by atoms with Gasteiger partial charge in [0, 0.05) is 4.11 Å². The summed E-state index contributed by atoms with van der Waals surface area (Å²) >= 11 is 0. The van der Waals surface area contributed by atoms with Crippen molar-refractivity contribution in [3.63, 3.8) is 0 Å². The predicted octanol–water partition coefficient (Wildman–Crippen LogP) is 1.42. The predicted molar refractivity (Wildman–Crippen MR) is 47.6 cm³/mol. The number of phenolic OH excluding ortho intramolecular Hbond substituents is 2. The summed E-state index contributed by atoms with van der Waals surface area (Å²) in [4.78, 5) is 0. The molecule has 0 bridgehead atoms. The molecule has 13 heavy (non-hydrogen) atoms. The number of ether oxygens (including phenoxy) is 2. The maximum absolute atomic E-state index is 9.68. The summed E-state index contributed by atoms with van der Waals surface area (Å²) in [5, 5.41) is 19.2. The van der Waals surface area contributed by atoms with E-state index in [1.54, 1.807) is 0 Å². The van der Waals surface area contributed by atoms with Crippen LogP contribution in [-0.4, -0.2) is 24.4 Å². The van der Waals surface area contributed by atoms with E-state index in [1.165, 1.54) is 14.2 Å². The molecule has 4 heteroatoms. The first-order valence-electron chi connectivity index (χ1n) is 5.00. The van der Waals surface area contributed by atoms with E-state index >= 15 is 0 Å². The molecule has 0 saturated heterocycles. The van der Waals surface area contributed by atoms with E-state index < -0.39 is 18.4 Å². The van der Waals surface area contributed by atoms with Crippen LogP contribution in [0.15, 0.2) is 6.07 Å². The summed E-state index contributed by atoms with van der Waals surface area (Å²) in [5.41, 5.74) is -0.386. The summed E-state index contributed by atoms with van der Waals surface area (Å²) in [6.45, 7) is -2.54. The van der Waals surface area contributed by atoms with Crippen molar-refractivity contribution in [2.75, 3.05) is 14.2 Å². The van der Waals surface area contributed by atoms with Gasteiger partial charge in [-0.25, -0.2) is 0 Å². The zero-order valence-corrected chi connectivity index (χ0v) is 7.29. The van der Waals surface area contributed by atoms with Crippen molar-refractivity contribution >= 4 is 0 Å². The van der Waals surface area contributed by atoms with Crippen LogP contribution in [0, 0.1) is 6.85 Å². The first kappa shape index (κ1) is 5.96. The Labute approximate surface area is 80.6 Å². The summed E-state index contributed by atoms with van der Waals surface area (Å²) in [6, 6.07) is 0.934. The molecule has 0 aliphatic rings. The van der Waals surface area contributed by atoms with Crippen LogP contribution in [0.1, 0.15) is 9.68 Å². The Bertz CT molecular complexity index is 401. The van der Waals surface area contributed by atoms with E-state index in [0.29, 0.717) is 0 Å². The van der Waals surface area contributed by atoms with Gasteiger partial charge in [0.15, 0.2) is 11.5 Å². The molecule has 1 rings (SSSR count). The Morgan fingerprint density at radius 1 is 1.23 bits per heavy atom. The smallest absolute Gasteiger partial charge is 0.207 e. The molecule has 1 aromatic carbocycles. The molecule has 0 fully saturated rings. The molecule has 0 saturated carbocycles. The molecule has 0 radical (unpaired) electrons. The number of aryl methyl sites for hydroxylation is 1. The number of hydrogen-bond donors (Lipinski definition) is 2. The molecule has 0 unspecified atom stereocenters. The van der Waals surface area contributed by atoms with Crippen LogP contribution in [-0.2, 0) is 0 Å². The highest BCUT2D eigenvalue weighted by Crippen LogP contribution is 2.44. The van der Waals surface area contributed by atoms with Crippen LogP contribution in [0.5, 0.6) is 23.0 Å². The molecule has 0 aliphatic carbocycles. The lowest BCUT2D eigenvalue weighted by atomic mass is 10.2. The molecular weight excluding hydrogens is 172 g/mol. The lowest BCUT2D eigenvalue weighted by Crippen LogP contribution is -1.92. The molecule has 0 atom stereocenters. The summed E-state index contributed by atoms with van der Waals surface area (Å²) in [5.74, 6) is -1.26. The van der Waals surface area contributed by atoms with E-state index in [1.807, 2.05) is 0 Å². The minimum absolute atomic E-state index is 0.104. The third-order valence-electron chi connectivity index (χ3n) is 1.60. The minimum atomic E-state index is -2.54. The molecule has 0 aliphatic heterocycles. The number of hydrogen-bond acceptors (Lipinski definition) is 4. The quantitative estimate of drug-likeness (QED) is 0.687. The highest BCUT2D eigenvalue weighted by molar-refractivity contribution is 5.61. The molecule has 72 valence electrons. The first-order chi connectivity index (χ1) is 7.32. The maximum atomic E-state index is 9.68. The van der Waals surface area contributed by atoms with Gasteiger partial charge in [0.25, 0.3) is 0 Å². The molecule has 0 aromatic heterocycles. The molecule has 0 spiro atoms. The van der Waals surface area contributed by atoms with Crippen molar-refractivity contribution in [2.45, 2.75) is 6.85 Å². The van der Waals surface area contributed by atoms with Crippen LogP contribution in [0.4, 0.5) is 0 Å². The number of methoxy groups -OCH3 is 2. The SMILES string of the molecule is [2H]C([2H])([2H])c1cc(O)c(OC)c(OC)c1O. The number of phenols is 2.